The van der Waals surface area contributed by atoms with E-state index in [-0.39, 0.29) is 11.2 Å². The van der Waals surface area contributed by atoms with Gasteiger partial charge in [0.1, 0.15) is 5.82 Å². The molecule has 0 spiro atoms. The maximum Gasteiger partial charge on any atom is 0.238 e. The summed E-state index contributed by atoms with van der Waals surface area (Å²) in [6.45, 7) is 3.82. The first-order valence-electron chi connectivity index (χ1n) is 6.55. The van der Waals surface area contributed by atoms with Gasteiger partial charge in [0.25, 0.3) is 0 Å². The SMILES string of the molecule is Cc1cccc(NC(=O)C(C)SCc2ccccc2)n1. The number of rotatable bonds is 5. The molecule has 104 valence electrons. The molecule has 20 heavy (non-hydrogen) atoms. The Balaban J connectivity index is 1.86. The molecule has 1 N–H and O–H groups in total. The lowest BCUT2D eigenvalue weighted by molar-refractivity contribution is -0.115. The molecule has 1 atom stereocenters. The summed E-state index contributed by atoms with van der Waals surface area (Å²) in [4.78, 5) is 16.3. The van der Waals surface area contributed by atoms with E-state index in [2.05, 4.69) is 22.4 Å². The van der Waals surface area contributed by atoms with Gasteiger partial charge in [-0.25, -0.2) is 4.98 Å². The topological polar surface area (TPSA) is 42.0 Å². The van der Waals surface area contributed by atoms with Gasteiger partial charge in [0.05, 0.1) is 5.25 Å². The van der Waals surface area contributed by atoms with Crippen molar-refractivity contribution >= 4 is 23.5 Å². The molecule has 1 amide bonds. The number of nitrogens with zero attached hydrogens (tertiary/aromatic N) is 1. The number of nitrogens with one attached hydrogen (secondary N) is 1. The molecule has 0 saturated heterocycles. The first-order chi connectivity index (χ1) is 9.65. The van der Waals surface area contributed by atoms with Crippen LogP contribution in [0.5, 0.6) is 0 Å². The molecule has 0 aliphatic heterocycles. The number of anilines is 1. The summed E-state index contributed by atoms with van der Waals surface area (Å²) in [5.41, 5.74) is 2.12. The van der Waals surface area contributed by atoms with Gasteiger partial charge in [-0.3, -0.25) is 4.79 Å². The van der Waals surface area contributed by atoms with E-state index in [1.165, 1.54) is 5.56 Å². The third kappa shape index (κ3) is 4.38. The quantitative estimate of drug-likeness (QED) is 0.912. The van der Waals surface area contributed by atoms with Crippen LogP contribution in [-0.2, 0) is 10.5 Å². The monoisotopic (exact) mass is 286 g/mol. The van der Waals surface area contributed by atoms with Crippen molar-refractivity contribution in [3.05, 3.63) is 59.8 Å². The van der Waals surface area contributed by atoms with Gasteiger partial charge in [0.2, 0.25) is 5.91 Å². The van der Waals surface area contributed by atoms with Gasteiger partial charge < -0.3 is 5.32 Å². The van der Waals surface area contributed by atoms with Gasteiger partial charge in [-0.15, -0.1) is 11.8 Å². The predicted molar refractivity (Wildman–Crippen MR) is 84.8 cm³/mol. The summed E-state index contributed by atoms with van der Waals surface area (Å²) in [5, 5.41) is 2.73. The largest absolute Gasteiger partial charge is 0.310 e. The Morgan fingerprint density at radius 2 is 1.95 bits per heavy atom. The molecule has 2 rings (SSSR count). The molecule has 3 nitrogen and oxygen atoms in total. The second kappa shape index (κ2) is 7.10. The number of aryl methyl sites for hydroxylation is 1. The lowest BCUT2D eigenvalue weighted by Gasteiger charge is -2.11. The highest BCUT2D eigenvalue weighted by atomic mass is 32.2. The molecule has 0 aliphatic carbocycles. The number of thioether (sulfide) groups is 1. The molecule has 0 radical (unpaired) electrons. The maximum absolute atomic E-state index is 12.1. The van der Waals surface area contributed by atoms with Crippen LogP contribution < -0.4 is 5.32 Å². The average molecular weight is 286 g/mol. The Morgan fingerprint density at radius 3 is 2.65 bits per heavy atom. The van der Waals surface area contributed by atoms with Crippen molar-refractivity contribution in [2.45, 2.75) is 24.9 Å². The molecule has 0 saturated carbocycles. The summed E-state index contributed by atoms with van der Waals surface area (Å²) >= 11 is 1.62. The fraction of sp³-hybridized carbons (Fsp3) is 0.250. The third-order valence-corrected chi connectivity index (χ3v) is 4.07. The minimum absolute atomic E-state index is 0.0102. The van der Waals surface area contributed by atoms with Crippen LogP contribution in [0, 0.1) is 6.92 Å². The zero-order valence-corrected chi connectivity index (χ0v) is 12.5. The summed E-state index contributed by atoms with van der Waals surface area (Å²) in [5.74, 6) is 1.43. The first-order valence-corrected chi connectivity index (χ1v) is 7.60. The Labute approximate surface area is 123 Å². The highest BCUT2D eigenvalue weighted by Crippen LogP contribution is 2.18. The number of benzene rings is 1. The minimum atomic E-state index is -0.113. The molecule has 1 heterocycles. The van der Waals surface area contributed by atoms with E-state index in [1.807, 2.05) is 44.2 Å². The number of carbonyl (C=O) groups is 1. The van der Waals surface area contributed by atoms with E-state index in [0.717, 1.165) is 11.4 Å². The van der Waals surface area contributed by atoms with Crippen molar-refractivity contribution in [2.24, 2.45) is 0 Å². The van der Waals surface area contributed by atoms with Crippen molar-refractivity contribution in [1.82, 2.24) is 4.98 Å². The Hall–Kier alpha value is -1.81. The number of aromatic nitrogens is 1. The fourth-order valence-corrected chi connectivity index (χ4v) is 2.56. The van der Waals surface area contributed by atoms with Crippen LogP contribution in [0.25, 0.3) is 0 Å². The van der Waals surface area contributed by atoms with Crippen LogP contribution in [0.2, 0.25) is 0 Å². The Kier molecular flexibility index (Phi) is 5.18. The van der Waals surface area contributed by atoms with E-state index in [1.54, 1.807) is 17.8 Å². The van der Waals surface area contributed by atoms with Crippen molar-refractivity contribution in [3.8, 4) is 0 Å². The molecule has 1 aromatic heterocycles. The number of amides is 1. The molecule has 0 fully saturated rings. The highest BCUT2D eigenvalue weighted by Gasteiger charge is 2.14. The molecule has 0 aliphatic rings. The molecule has 1 unspecified atom stereocenters. The van der Waals surface area contributed by atoms with E-state index < -0.39 is 0 Å². The van der Waals surface area contributed by atoms with Gasteiger partial charge in [0, 0.05) is 11.4 Å². The Morgan fingerprint density at radius 1 is 1.20 bits per heavy atom. The highest BCUT2D eigenvalue weighted by molar-refractivity contribution is 7.99. The zero-order chi connectivity index (χ0) is 14.4. The molecule has 1 aromatic carbocycles. The fourth-order valence-electron chi connectivity index (χ4n) is 1.71. The lowest BCUT2D eigenvalue weighted by atomic mass is 10.2. The molecular weight excluding hydrogens is 268 g/mol. The smallest absolute Gasteiger partial charge is 0.238 e. The normalized spacial score (nSPS) is 11.9. The molecule has 2 aromatic rings. The van der Waals surface area contributed by atoms with Crippen LogP contribution in [-0.4, -0.2) is 16.1 Å². The Bertz CT molecular complexity index is 572. The van der Waals surface area contributed by atoms with Crippen LogP contribution in [0.3, 0.4) is 0 Å². The van der Waals surface area contributed by atoms with Crippen molar-refractivity contribution in [2.75, 3.05) is 5.32 Å². The third-order valence-electron chi connectivity index (χ3n) is 2.85. The summed E-state index contributed by atoms with van der Waals surface area (Å²) in [6, 6.07) is 15.8. The summed E-state index contributed by atoms with van der Waals surface area (Å²) in [7, 11) is 0. The van der Waals surface area contributed by atoms with Gasteiger partial charge in [0.15, 0.2) is 0 Å². The van der Waals surface area contributed by atoms with E-state index >= 15 is 0 Å². The minimum Gasteiger partial charge on any atom is -0.310 e. The van der Waals surface area contributed by atoms with E-state index in [0.29, 0.717) is 5.82 Å². The van der Waals surface area contributed by atoms with Gasteiger partial charge >= 0.3 is 0 Å². The first kappa shape index (κ1) is 14.6. The van der Waals surface area contributed by atoms with E-state index in [4.69, 9.17) is 0 Å². The van der Waals surface area contributed by atoms with Gasteiger partial charge in [-0.2, -0.15) is 0 Å². The van der Waals surface area contributed by atoms with E-state index in [9.17, 15) is 4.79 Å². The van der Waals surface area contributed by atoms with Gasteiger partial charge in [-0.1, -0.05) is 36.4 Å². The second-order valence-electron chi connectivity index (χ2n) is 4.59. The van der Waals surface area contributed by atoms with Crippen LogP contribution in [0.4, 0.5) is 5.82 Å². The number of hydrogen-bond acceptors (Lipinski definition) is 3. The predicted octanol–water partition coefficient (Wildman–Crippen LogP) is 3.65. The average Bonchev–Trinajstić information content (AvgIpc) is 2.46. The molecule has 0 bridgehead atoms. The molecular formula is C16H18N2OS. The lowest BCUT2D eigenvalue weighted by Crippen LogP contribution is -2.23. The number of pyridine rings is 1. The number of carbonyl (C=O) groups excluding carboxylic acids is 1. The van der Waals surface area contributed by atoms with Crippen LogP contribution >= 0.6 is 11.8 Å². The van der Waals surface area contributed by atoms with Crippen molar-refractivity contribution < 1.29 is 4.79 Å². The van der Waals surface area contributed by atoms with Crippen molar-refractivity contribution in [1.29, 1.82) is 0 Å². The zero-order valence-electron chi connectivity index (χ0n) is 11.7. The number of hydrogen-bond donors (Lipinski definition) is 1. The molecule has 4 heteroatoms. The van der Waals surface area contributed by atoms with Crippen molar-refractivity contribution in [3.63, 3.8) is 0 Å². The van der Waals surface area contributed by atoms with Crippen LogP contribution in [0.1, 0.15) is 18.2 Å². The standard InChI is InChI=1S/C16H18N2OS/c1-12-7-6-10-15(17-12)18-16(19)13(2)20-11-14-8-4-3-5-9-14/h3-10,13H,11H2,1-2H3,(H,17,18,19). The van der Waals surface area contributed by atoms with Gasteiger partial charge in [-0.05, 0) is 31.5 Å². The van der Waals surface area contributed by atoms with Crippen LogP contribution in [0.15, 0.2) is 48.5 Å². The summed E-state index contributed by atoms with van der Waals surface area (Å²) in [6.07, 6.45) is 0. The summed E-state index contributed by atoms with van der Waals surface area (Å²) < 4.78 is 0. The maximum atomic E-state index is 12.1. The second-order valence-corrected chi connectivity index (χ2v) is 5.92.